The Kier molecular flexibility index (Phi) is 3.46. The normalized spacial score (nSPS) is 10.4. The van der Waals surface area contributed by atoms with Gasteiger partial charge >= 0.3 is 0 Å². The molecule has 4 heteroatoms. The number of hydrogen-bond donors (Lipinski definition) is 0. The Morgan fingerprint density at radius 2 is 2.19 bits per heavy atom. The number of rotatable bonds is 3. The summed E-state index contributed by atoms with van der Waals surface area (Å²) >= 11 is 7.54. The highest BCUT2D eigenvalue weighted by molar-refractivity contribution is 7.09. The van der Waals surface area contributed by atoms with Crippen molar-refractivity contribution in [3.63, 3.8) is 0 Å². The SMILES string of the molecule is Cc1nc(COc2cc(Cl)ccc2C)cs1. The molecule has 1 aromatic heterocycles. The number of ether oxygens (including phenoxy) is 1. The van der Waals surface area contributed by atoms with Gasteiger partial charge in [0.05, 0.1) is 10.7 Å². The molecule has 16 heavy (non-hydrogen) atoms. The molecule has 0 amide bonds. The molecule has 0 aliphatic heterocycles. The zero-order valence-electron chi connectivity index (χ0n) is 9.16. The van der Waals surface area contributed by atoms with Crippen molar-refractivity contribution < 1.29 is 4.74 Å². The van der Waals surface area contributed by atoms with Crippen molar-refractivity contribution in [2.24, 2.45) is 0 Å². The van der Waals surface area contributed by atoms with Gasteiger partial charge in [0.2, 0.25) is 0 Å². The van der Waals surface area contributed by atoms with Crippen LogP contribution in [0.2, 0.25) is 5.02 Å². The molecule has 0 aliphatic rings. The molecule has 84 valence electrons. The fraction of sp³-hybridized carbons (Fsp3) is 0.250. The van der Waals surface area contributed by atoms with E-state index in [1.165, 1.54) is 0 Å². The van der Waals surface area contributed by atoms with Crippen LogP contribution in [-0.4, -0.2) is 4.98 Å². The minimum atomic E-state index is 0.492. The second-order valence-corrected chi connectivity index (χ2v) is 5.06. The molecule has 0 atom stereocenters. The molecule has 0 aliphatic carbocycles. The van der Waals surface area contributed by atoms with Crippen molar-refractivity contribution in [1.82, 2.24) is 4.98 Å². The summed E-state index contributed by atoms with van der Waals surface area (Å²) in [6.45, 7) is 4.47. The van der Waals surface area contributed by atoms with Crippen LogP contribution in [0.4, 0.5) is 0 Å². The number of benzene rings is 1. The van der Waals surface area contributed by atoms with E-state index in [4.69, 9.17) is 16.3 Å². The summed E-state index contributed by atoms with van der Waals surface area (Å²) in [5.41, 5.74) is 2.04. The molecule has 2 rings (SSSR count). The fourth-order valence-electron chi connectivity index (χ4n) is 1.36. The minimum absolute atomic E-state index is 0.492. The van der Waals surface area contributed by atoms with Gasteiger partial charge in [-0.3, -0.25) is 0 Å². The smallest absolute Gasteiger partial charge is 0.131 e. The highest BCUT2D eigenvalue weighted by atomic mass is 35.5. The summed E-state index contributed by atoms with van der Waals surface area (Å²) in [5.74, 6) is 0.818. The van der Waals surface area contributed by atoms with Gasteiger partial charge in [-0.05, 0) is 31.5 Å². The Balaban J connectivity index is 2.07. The second kappa shape index (κ2) is 4.85. The van der Waals surface area contributed by atoms with Crippen LogP contribution in [-0.2, 0) is 6.61 Å². The van der Waals surface area contributed by atoms with Gasteiger partial charge in [0.25, 0.3) is 0 Å². The number of aryl methyl sites for hydroxylation is 2. The predicted molar refractivity (Wildman–Crippen MR) is 67.4 cm³/mol. The van der Waals surface area contributed by atoms with Gasteiger partial charge in [-0.1, -0.05) is 17.7 Å². The molecule has 0 saturated heterocycles. The highest BCUT2D eigenvalue weighted by Gasteiger charge is 2.03. The third-order valence-electron chi connectivity index (χ3n) is 2.19. The van der Waals surface area contributed by atoms with Crippen molar-refractivity contribution >= 4 is 22.9 Å². The van der Waals surface area contributed by atoms with Crippen molar-refractivity contribution in [1.29, 1.82) is 0 Å². The van der Waals surface area contributed by atoms with Gasteiger partial charge in [-0.25, -0.2) is 4.98 Å². The van der Waals surface area contributed by atoms with Crippen molar-refractivity contribution in [2.75, 3.05) is 0 Å². The van der Waals surface area contributed by atoms with Crippen LogP contribution in [0.3, 0.4) is 0 Å². The maximum atomic E-state index is 5.91. The summed E-state index contributed by atoms with van der Waals surface area (Å²) in [7, 11) is 0. The Hall–Kier alpha value is -1.06. The highest BCUT2D eigenvalue weighted by Crippen LogP contribution is 2.23. The number of thiazole rings is 1. The van der Waals surface area contributed by atoms with Crippen molar-refractivity contribution in [3.8, 4) is 5.75 Å². The average molecular weight is 254 g/mol. The van der Waals surface area contributed by atoms with Crippen molar-refractivity contribution in [2.45, 2.75) is 20.5 Å². The lowest BCUT2D eigenvalue weighted by molar-refractivity contribution is 0.300. The van der Waals surface area contributed by atoms with E-state index in [0.717, 1.165) is 22.0 Å². The van der Waals surface area contributed by atoms with E-state index in [-0.39, 0.29) is 0 Å². The molecule has 0 fully saturated rings. The zero-order chi connectivity index (χ0) is 11.5. The largest absolute Gasteiger partial charge is 0.487 e. The van der Waals surface area contributed by atoms with Crippen LogP contribution in [0, 0.1) is 13.8 Å². The van der Waals surface area contributed by atoms with Crippen LogP contribution < -0.4 is 4.74 Å². The van der Waals surface area contributed by atoms with Crippen LogP contribution in [0.25, 0.3) is 0 Å². The van der Waals surface area contributed by atoms with Gasteiger partial charge in [-0.2, -0.15) is 0 Å². The third kappa shape index (κ3) is 2.74. The Morgan fingerprint density at radius 1 is 1.38 bits per heavy atom. The van der Waals surface area contributed by atoms with Crippen LogP contribution in [0.1, 0.15) is 16.3 Å². The van der Waals surface area contributed by atoms with Crippen LogP contribution >= 0.6 is 22.9 Å². The summed E-state index contributed by atoms with van der Waals surface area (Å²) in [5, 5.41) is 3.76. The molecule has 0 saturated carbocycles. The van der Waals surface area contributed by atoms with E-state index < -0.39 is 0 Å². The molecule has 2 nitrogen and oxygen atoms in total. The molecule has 0 N–H and O–H groups in total. The Morgan fingerprint density at radius 3 is 2.88 bits per heavy atom. The first-order valence-electron chi connectivity index (χ1n) is 4.95. The van der Waals surface area contributed by atoms with E-state index in [9.17, 15) is 0 Å². The van der Waals surface area contributed by atoms with Gasteiger partial charge in [-0.15, -0.1) is 11.3 Å². The zero-order valence-corrected chi connectivity index (χ0v) is 10.7. The Labute approximate surface area is 104 Å². The summed E-state index contributed by atoms with van der Waals surface area (Å²) in [4.78, 5) is 4.34. The van der Waals surface area contributed by atoms with Crippen LogP contribution in [0.5, 0.6) is 5.75 Å². The molecule has 0 bridgehead atoms. The first kappa shape index (κ1) is 11.4. The first-order chi connectivity index (χ1) is 7.65. The van der Waals surface area contributed by atoms with E-state index >= 15 is 0 Å². The van der Waals surface area contributed by atoms with E-state index in [1.807, 2.05) is 37.4 Å². The lowest BCUT2D eigenvalue weighted by Gasteiger charge is -2.07. The topological polar surface area (TPSA) is 22.1 Å². The molecule has 2 aromatic rings. The maximum Gasteiger partial charge on any atom is 0.131 e. The first-order valence-corrected chi connectivity index (χ1v) is 6.21. The third-order valence-corrected chi connectivity index (χ3v) is 3.25. The summed E-state index contributed by atoms with van der Waals surface area (Å²) in [6, 6.07) is 5.64. The van der Waals surface area contributed by atoms with E-state index in [2.05, 4.69) is 4.98 Å². The second-order valence-electron chi connectivity index (χ2n) is 3.56. The number of halogens is 1. The minimum Gasteiger partial charge on any atom is -0.487 e. The lowest BCUT2D eigenvalue weighted by Crippen LogP contribution is -1.97. The summed E-state index contributed by atoms with van der Waals surface area (Å²) in [6.07, 6.45) is 0. The van der Waals surface area contributed by atoms with Crippen molar-refractivity contribution in [3.05, 3.63) is 44.9 Å². The van der Waals surface area contributed by atoms with Gasteiger partial charge in [0, 0.05) is 10.4 Å². The standard InChI is InChI=1S/C12H12ClNOS/c1-8-3-4-10(13)5-12(8)15-6-11-7-16-9(2)14-11/h3-5,7H,6H2,1-2H3. The molecule has 0 radical (unpaired) electrons. The van der Waals surface area contributed by atoms with Gasteiger partial charge in [0.1, 0.15) is 12.4 Å². The molecule has 0 unspecified atom stereocenters. The van der Waals surface area contributed by atoms with Gasteiger partial charge in [0.15, 0.2) is 0 Å². The monoisotopic (exact) mass is 253 g/mol. The molecular formula is C12H12ClNOS. The molecule has 1 heterocycles. The quantitative estimate of drug-likeness (QED) is 0.825. The molecule has 0 spiro atoms. The number of nitrogens with zero attached hydrogens (tertiary/aromatic N) is 1. The molecular weight excluding hydrogens is 242 g/mol. The number of aromatic nitrogens is 1. The number of hydrogen-bond acceptors (Lipinski definition) is 3. The van der Waals surface area contributed by atoms with E-state index in [0.29, 0.717) is 11.6 Å². The van der Waals surface area contributed by atoms with Crippen LogP contribution in [0.15, 0.2) is 23.6 Å². The average Bonchev–Trinajstić information content (AvgIpc) is 2.66. The fourth-order valence-corrected chi connectivity index (χ4v) is 2.12. The Bertz CT molecular complexity index is 496. The summed E-state index contributed by atoms with van der Waals surface area (Å²) < 4.78 is 5.68. The van der Waals surface area contributed by atoms with E-state index in [1.54, 1.807) is 11.3 Å². The predicted octanol–water partition coefficient (Wildman–Crippen LogP) is 3.99. The lowest BCUT2D eigenvalue weighted by atomic mass is 10.2. The molecule has 1 aromatic carbocycles. The maximum absolute atomic E-state index is 5.91. The van der Waals surface area contributed by atoms with Gasteiger partial charge < -0.3 is 4.74 Å².